The molecule has 1 atom stereocenters. The standard InChI is InChI=1S/C11H19N3O/c1-2-3-9-10(13-14-11(9)12)6-8-4-5-15-7-8/h8H,2-7H2,1H3,(H3,12,13,14). The Morgan fingerprint density at radius 3 is 3.13 bits per heavy atom. The van der Waals surface area contributed by atoms with Crippen molar-refractivity contribution >= 4 is 5.82 Å². The van der Waals surface area contributed by atoms with Crippen LogP contribution in [0.1, 0.15) is 31.0 Å². The highest BCUT2D eigenvalue weighted by Crippen LogP contribution is 2.22. The molecule has 0 aromatic carbocycles. The Bertz CT molecular complexity index is 316. The topological polar surface area (TPSA) is 63.9 Å². The van der Waals surface area contributed by atoms with Crippen molar-refractivity contribution in [3.8, 4) is 0 Å². The van der Waals surface area contributed by atoms with Crippen LogP contribution in [0, 0.1) is 5.92 Å². The first-order chi connectivity index (χ1) is 7.31. The molecule has 0 aliphatic carbocycles. The molecule has 1 aliphatic rings. The van der Waals surface area contributed by atoms with Crippen molar-refractivity contribution in [3.05, 3.63) is 11.3 Å². The quantitative estimate of drug-likeness (QED) is 0.790. The molecule has 2 rings (SSSR count). The first-order valence-corrected chi connectivity index (χ1v) is 5.70. The molecule has 1 unspecified atom stereocenters. The van der Waals surface area contributed by atoms with E-state index in [0.29, 0.717) is 11.7 Å². The molecule has 84 valence electrons. The lowest BCUT2D eigenvalue weighted by Crippen LogP contribution is -2.06. The van der Waals surface area contributed by atoms with Crippen LogP contribution in [0.4, 0.5) is 5.82 Å². The summed E-state index contributed by atoms with van der Waals surface area (Å²) >= 11 is 0. The lowest BCUT2D eigenvalue weighted by Gasteiger charge is -2.07. The summed E-state index contributed by atoms with van der Waals surface area (Å²) in [5.41, 5.74) is 8.25. The SMILES string of the molecule is CCCc1c(N)n[nH]c1CC1CCOC1. The summed E-state index contributed by atoms with van der Waals surface area (Å²) in [5, 5.41) is 7.14. The normalized spacial score (nSPS) is 21.0. The highest BCUT2D eigenvalue weighted by atomic mass is 16.5. The van der Waals surface area contributed by atoms with Crippen LogP contribution >= 0.6 is 0 Å². The third kappa shape index (κ3) is 2.31. The zero-order chi connectivity index (χ0) is 10.7. The molecule has 0 saturated carbocycles. The number of ether oxygens (including phenoxy) is 1. The van der Waals surface area contributed by atoms with Crippen molar-refractivity contribution in [3.63, 3.8) is 0 Å². The van der Waals surface area contributed by atoms with Gasteiger partial charge in [-0.05, 0) is 25.2 Å². The molecule has 1 aliphatic heterocycles. The number of nitrogens with zero attached hydrogens (tertiary/aromatic N) is 1. The molecular weight excluding hydrogens is 190 g/mol. The summed E-state index contributed by atoms with van der Waals surface area (Å²) in [6.07, 6.45) is 4.31. The van der Waals surface area contributed by atoms with Crippen molar-refractivity contribution in [1.82, 2.24) is 10.2 Å². The molecule has 4 heteroatoms. The Hall–Kier alpha value is -1.03. The van der Waals surface area contributed by atoms with Gasteiger partial charge < -0.3 is 10.5 Å². The van der Waals surface area contributed by atoms with E-state index in [9.17, 15) is 0 Å². The molecule has 4 nitrogen and oxygen atoms in total. The number of anilines is 1. The fourth-order valence-electron chi connectivity index (χ4n) is 2.15. The smallest absolute Gasteiger partial charge is 0.148 e. The summed E-state index contributed by atoms with van der Waals surface area (Å²) in [7, 11) is 0. The van der Waals surface area contributed by atoms with Gasteiger partial charge in [-0.15, -0.1) is 0 Å². The number of hydrogen-bond donors (Lipinski definition) is 2. The van der Waals surface area contributed by atoms with Crippen molar-refractivity contribution in [1.29, 1.82) is 0 Å². The van der Waals surface area contributed by atoms with Gasteiger partial charge in [0.2, 0.25) is 0 Å². The number of nitrogens with two attached hydrogens (primary N) is 1. The molecule has 3 N–H and O–H groups in total. The maximum absolute atomic E-state index is 5.83. The molecule has 0 radical (unpaired) electrons. The highest BCUT2D eigenvalue weighted by Gasteiger charge is 2.19. The van der Waals surface area contributed by atoms with Gasteiger partial charge in [0.15, 0.2) is 0 Å². The lowest BCUT2D eigenvalue weighted by atomic mass is 9.99. The van der Waals surface area contributed by atoms with E-state index in [1.54, 1.807) is 0 Å². The molecule has 1 saturated heterocycles. The van der Waals surface area contributed by atoms with E-state index in [0.717, 1.165) is 38.9 Å². The van der Waals surface area contributed by atoms with E-state index < -0.39 is 0 Å². The van der Waals surface area contributed by atoms with Crippen LogP contribution in [-0.4, -0.2) is 23.4 Å². The fraction of sp³-hybridized carbons (Fsp3) is 0.727. The number of aromatic nitrogens is 2. The van der Waals surface area contributed by atoms with Crippen LogP contribution in [-0.2, 0) is 17.6 Å². The Morgan fingerprint density at radius 2 is 2.47 bits per heavy atom. The Labute approximate surface area is 90.2 Å². The molecule has 0 amide bonds. The van der Waals surface area contributed by atoms with Gasteiger partial charge in [0, 0.05) is 24.5 Å². The first-order valence-electron chi connectivity index (χ1n) is 5.70. The largest absolute Gasteiger partial charge is 0.382 e. The van der Waals surface area contributed by atoms with Gasteiger partial charge in [-0.2, -0.15) is 5.10 Å². The van der Waals surface area contributed by atoms with Gasteiger partial charge in [-0.1, -0.05) is 13.3 Å². The maximum atomic E-state index is 5.83. The predicted octanol–water partition coefficient (Wildman–Crippen LogP) is 1.52. The fourth-order valence-corrected chi connectivity index (χ4v) is 2.15. The van der Waals surface area contributed by atoms with Gasteiger partial charge in [0.25, 0.3) is 0 Å². The summed E-state index contributed by atoms with van der Waals surface area (Å²) < 4.78 is 5.37. The monoisotopic (exact) mass is 209 g/mol. The van der Waals surface area contributed by atoms with E-state index in [1.807, 2.05) is 0 Å². The number of H-pyrrole nitrogens is 1. The van der Waals surface area contributed by atoms with Crippen molar-refractivity contribution in [2.45, 2.75) is 32.6 Å². The summed E-state index contributed by atoms with van der Waals surface area (Å²) in [6.45, 7) is 3.94. The second-order valence-corrected chi connectivity index (χ2v) is 4.25. The van der Waals surface area contributed by atoms with Crippen molar-refractivity contribution in [2.24, 2.45) is 5.92 Å². The lowest BCUT2D eigenvalue weighted by molar-refractivity contribution is 0.185. The Kier molecular flexibility index (Phi) is 3.26. The Morgan fingerprint density at radius 1 is 1.60 bits per heavy atom. The minimum absolute atomic E-state index is 0.639. The average molecular weight is 209 g/mol. The van der Waals surface area contributed by atoms with Crippen molar-refractivity contribution in [2.75, 3.05) is 18.9 Å². The molecule has 0 bridgehead atoms. The second-order valence-electron chi connectivity index (χ2n) is 4.25. The third-order valence-electron chi connectivity index (χ3n) is 3.00. The van der Waals surface area contributed by atoms with Crippen LogP contribution in [0.2, 0.25) is 0 Å². The Balaban J connectivity index is 2.05. The number of nitrogen functional groups attached to an aromatic ring is 1. The molecule has 1 aromatic rings. The molecular formula is C11H19N3O. The average Bonchev–Trinajstić information content (AvgIpc) is 2.83. The van der Waals surface area contributed by atoms with E-state index in [-0.39, 0.29) is 0 Å². The van der Waals surface area contributed by atoms with E-state index in [4.69, 9.17) is 10.5 Å². The van der Waals surface area contributed by atoms with E-state index >= 15 is 0 Å². The van der Waals surface area contributed by atoms with Crippen molar-refractivity contribution < 1.29 is 4.74 Å². The predicted molar refractivity (Wildman–Crippen MR) is 59.6 cm³/mol. The molecule has 2 heterocycles. The van der Waals surface area contributed by atoms with Gasteiger partial charge in [-0.3, -0.25) is 5.10 Å². The van der Waals surface area contributed by atoms with Gasteiger partial charge in [-0.25, -0.2) is 0 Å². The molecule has 15 heavy (non-hydrogen) atoms. The summed E-state index contributed by atoms with van der Waals surface area (Å²) in [6, 6.07) is 0. The number of nitrogens with one attached hydrogen (secondary N) is 1. The van der Waals surface area contributed by atoms with Crippen LogP contribution in [0.25, 0.3) is 0 Å². The van der Waals surface area contributed by atoms with E-state index in [1.165, 1.54) is 11.3 Å². The second kappa shape index (κ2) is 4.66. The molecule has 1 aromatic heterocycles. The number of hydrogen-bond acceptors (Lipinski definition) is 3. The van der Waals surface area contributed by atoms with Gasteiger partial charge in [0.05, 0.1) is 0 Å². The minimum Gasteiger partial charge on any atom is -0.382 e. The number of aromatic amines is 1. The van der Waals surface area contributed by atoms with Crippen LogP contribution in [0.15, 0.2) is 0 Å². The maximum Gasteiger partial charge on any atom is 0.148 e. The zero-order valence-electron chi connectivity index (χ0n) is 9.25. The van der Waals surface area contributed by atoms with Crippen LogP contribution in [0.3, 0.4) is 0 Å². The zero-order valence-corrected chi connectivity index (χ0v) is 9.25. The summed E-state index contributed by atoms with van der Waals surface area (Å²) in [5.74, 6) is 1.31. The number of rotatable bonds is 4. The molecule has 1 fully saturated rings. The first kappa shape index (κ1) is 10.5. The molecule has 0 spiro atoms. The van der Waals surface area contributed by atoms with E-state index in [2.05, 4.69) is 17.1 Å². The third-order valence-corrected chi connectivity index (χ3v) is 3.00. The van der Waals surface area contributed by atoms with Gasteiger partial charge >= 0.3 is 0 Å². The highest BCUT2D eigenvalue weighted by molar-refractivity contribution is 5.42. The van der Waals surface area contributed by atoms with Crippen LogP contribution < -0.4 is 5.73 Å². The minimum atomic E-state index is 0.639. The summed E-state index contributed by atoms with van der Waals surface area (Å²) in [4.78, 5) is 0. The van der Waals surface area contributed by atoms with Gasteiger partial charge in [0.1, 0.15) is 5.82 Å². The van der Waals surface area contributed by atoms with Crippen LogP contribution in [0.5, 0.6) is 0 Å².